The molecule has 0 bridgehead atoms. The van der Waals surface area contributed by atoms with Crippen molar-refractivity contribution in [3.8, 4) is 0 Å². The molecule has 0 spiro atoms. The number of thioether (sulfide) groups is 1. The van der Waals surface area contributed by atoms with Crippen molar-refractivity contribution in [3.05, 3.63) is 89.5 Å². The van der Waals surface area contributed by atoms with Crippen molar-refractivity contribution in [2.75, 3.05) is 11.1 Å². The molecular weight excluding hydrogens is 599 g/mol. The van der Waals surface area contributed by atoms with Crippen molar-refractivity contribution >= 4 is 79.7 Å². The number of rotatable bonds is 7. The number of nitrogens with zero attached hydrogens (tertiary/aromatic N) is 1. The highest BCUT2D eigenvalue weighted by molar-refractivity contribution is 8.01. The Morgan fingerprint density at radius 2 is 1.72 bits per heavy atom. The molecule has 1 fully saturated rings. The van der Waals surface area contributed by atoms with Gasteiger partial charge in [-0.1, -0.05) is 102 Å². The summed E-state index contributed by atoms with van der Waals surface area (Å²) in [6, 6.07) is 23.0. The van der Waals surface area contributed by atoms with Crippen LogP contribution in [0.15, 0.2) is 77.1 Å². The van der Waals surface area contributed by atoms with E-state index in [-0.39, 0.29) is 24.7 Å². The van der Waals surface area contributed by atoms with Gasteiger partial charge in [-0.3, -0.25) is 4.79 Å². The van der Waals surface area contributed by atoms with Gasteiger partial charge >= 0.3 is 0 Å². The van der Waals surface area contributed by atoms with Gasteiger partial charge in [-0.15, -0.1) is 11.3 Å². The van der Waals surface area contributed by atoms with Gasteiger partial charge in [0.25, 0.3) is 9.70 Å². The maximum absolute atomic E-state index is 12.0. The minimum atomic E-state index is -2.06. The number of carbonyl (C=O) groups excluding carboxylic acids is 1. The van der Waals surface area contributed by atoms with Crippen LogP contribution in [0.25, 0.3) is 10.2 Å². The van der Waals surface area contributed by atoms with Gasteiger partial charge in [0.15, 0.2) is 10.6 Å². The first kappa shape index (κ1) is 28.6. The van der Waals surface area contributed by atoms with E-state index in [0.717, 1.165) is 31.2 Å². The van der Waals surface area contributed by atoms with Gasteiger partial charge in [0, 0.05) is 22.9 Å². The van der Waals surface area contributed by atoms with Crippen LogP contribution in [0.1, 0.15) is 36.0 Å². The van der Waals surface area contributed by atoms with Crippen molar-refractivity contribution in [1.29, 1.82) is 0 Å². The number of hydrogen-bond acceptors (Lipinski definition) is 7. The number of benzene rings is 3. The molecule has 3 aromatic carbocycles. The highest BCUT2D eigenvalue weighted by Crippen LogP contribution is 2.43. The van der Waals surface area contributed by atoms with Crippen molar-refractivity contribution in [2.24, 2.45) is 5.92 Å². The number of halogens is 3. The lowest BCUT2D eigenvalue weighted by Crippen LogP contribution is -2.38. The first-order valence-corrected chi connectivity index (χ1v) is 15.1. The van der Waals surface area contributed by atoms with Gasteiger partial charge in [-0.05, 0) is 35.4 Å². The highest BCUT2D eigenvalue weighted by atomic mass is 35.6. The van der Waals surface area contributed by atoms with Crippen LogP contribution in [0, 0.1) is 5.92 Å². The molecule has 0 aliphatic carbocycles. The lowest BCUT2D eigenvalue weighted by Gasteiger charge is -2.41. The number of alkyl halides is 3. The first-order valence-electron chi connectivity index (χ1n) is 12.2. The lowest BCUT2D eigenvalue weighted by molar-refractivity contribution is -0.268. The fourth-order valence-electron chi connectivity index (χ4n) is 4.30. The molecule has 0 radical (unpaired) electrons. The maximum atomic E-state index is 12.0. The summed E-state index contributed by atoms with van der Waals surface area (Å²) in [5.41, 5.74) is 4.12. The Hall–Kier alpha value is -1.88. The number of thiazole rings is 1. The third-order valence-electron chi connectivity index (χ3n) is 6.47. The summed E-state index contributed by atoms with van der Waals surface area (Å²) in [7, 11) is 0. The van der Waals surface area contributed by atoms with Crippen molar-refractivity contribution in [1.82, 2.24) is 4.98 Å². The van der Waals surface area contributed by atoms with Gasteiger partial charge in [-0.2, -0.15) is 0 Å². The fourth-order valence-corrected chi connectivity index (χ4v) is 6.70. The summed E-state index contributed by atoms with van der Waals surface area (Å²) in [6.45, 7) is 2.11. The topological polar surface area (TPSA) is 80.7 Å². The van der Waals surface area contributed by atoms with Crippen LogP contribution in [-0.4, -0.2) is 31.6 Å². The van der Waals surface area contributed by atoms with Crippen molar-refractivity contribution < 1.29 is 19.4 Å². The average Bonchev–Trinajstić information content (AvgIpc) is 3.36. The molecule has 204 valence electrons. The van der Waals surface area contributed by atoms with Gasteiger partial charge in [0.05, 0.1) is 29.0 Å². The third-order valence-corrected chi connectivity index (χ3v) is 9.25. The van der Waals surface area contributed by atoms with E-state index in [4.69, 9.17) is 49.3 Å². The van der Waals surface area contributed by atoms with Crippen LogP contribution in [-0.2, 0) is 20.9 Å². The van der Waals surface area contributed by atoms with E-state index in [9.17, 15) is 9.90 Å². The van der Waals surface area contributed by atoms with Gasteiger partial charge < -0.3 is 19.9 Å². The number of aliphatic hydroxyl groups excluding tert-OH is 1. The van der Waals surface area contributed by atoms with Crippen LogP contribution in [0.4, 0.5) is 5.69 Å². The Morgan fingerprint density at radius 1 is 1.03 bits per heavy atom. The molecule has 1 saturated heterocycles. The van der Waals surface area contributed by atoms with Crippen LogP contribution in [0.3, 0.4) is 0 Å². The summed E-state index contributed by atoms with van der Waals surface area (Å²) in [5, 5.41) is 12.0. The zero-order valence-corrected chi connectivity index (χ0v) is 24.6. The average molecular weight is 624 g/mol. The van der Waals surface area contributed by atoms with E-state index in [2.05, 4.69) is 18.3 Å². The number of anilines is 1. The predicted octanol–water partition coefficient (Wildman–Crippen LogP) is 7.68. The van der Waals surface area contributed by atoms with Crippen molar-refractivity contribution in [2.45, 2.75) is 40.2 Å². The van der Waals surface area contributed by atoms with Gasteiger partial charge in [-0.25, -0.2) is 4.98 Å². The molecule has 39 heavy (non-hydrogen) atoms. The van der Waals surface area contributed by atoms with E-state index < -0.39 is 16.0 Å². The number of para-hydroxylation sites is 1. The van der Waals surface area contributed by atoms with Gasteiger partial charge in [0.2, 0.25) is 0 Å². The Morgan fingerprint density at radius 3 is 2.38 bits per heavy atom. The second-order valence-electron chi connectivity index (χ2n) is 9.15. The van der Waals surface area contributed by atoms with Gasteiger partial charge in [0.1, 0.15) is 0 Å². The number of aliphatic hydroxyl groups is 1. The molecule has 1 amide bonds. The van der Waals surface area contributed by atoms with E-state index >= 15 is 0 Å². The monoisotopic (exact) mass is 622 g/mol. The SMILES string of the molecule is C[C@H]1[C@@H](CSc2nc3ccccc3s2)O[C@@H](c2ccc(NC(=O)C(Cl)(Cl)Cl)cc2)O[C@H]1c1ccc(CO)cc1. The molecule has 2 N–H and O–H groups in total. The number of ether oxygens (including phenoxy) is 2. The zero-order valence-electron chi connectivity index (χ0n) is 20.7. The summed E-state index contributed by atoms with van der Waals surface area (Å²) in [5.74, 6) is 0.00669. The Balaban J connectivity index is 1.36. The lowest BCUT2D eigenvalue weighted by atomic mass is 9.91. The quantitative estimate of drug-likeness (QED) is 0.162. The Kier molecular flexibility index (Phi) is 9.05. The largest absolute Gasteiger partial charge is 0.392 e. The smallest absolute Gasteiger partial charge is 0.276 e. The summed E-state index contributed by atoms with van der Waals surface area (Å²) >= 11 is 20.3. The van der Waals surface area contributed by atoms with E-state index in [1.165, 1.54) is 0 Å². The summed E-state index contributed by atoms with van der Waals surface area (Å²) < 4.78 is 13.1. The summed E-state index contributed by atoms with van der Waals surface area (Å²) in [4.78, 5) is 16.8. The minimum absolute atomic E-state index is 0.0182. The third kappa shape index (κ3) is 6.89. The molecule has 1 aliphatic rings. The van der Waals surface area contributed by atoms with Crippen LogP contribution in [0.2, 0.25) is 0 Å². The molecule has 4 aromatic rings. The molecule has 0 saturated carbocycles. The standard InChI is InChI=1S/C28H25Cl3N2O4S2/c1-16-22(15-38-27-33-21-4-2-3-5-23(21)39-27)36-25(37-24(16)18-8-6-17(14-34)7-9-18)19-10-12-20(13-11-19)32-26(35)28(29,30)31/h2-13,16,22,24-25,34H,14-15H2,1H3,(H,32,35)/t16-,22+,24+,25+/m0/s1. The number of nitrogens with one attached hydrogen (secondary N) is 1. The number of amides is 1. The van der Waals surface area contributed by atoms with Crippen LogP contribution < -0.4 is 5.32 Å². The Labute approximate surface area is 249 Å². The van der Waals surface area contributed by atoms with E-state index in [1.54, 1.807) is 35.2 Å². The van der Waals surface area contributed by atoms with E-state index in [0.29, 0.717) is 11.4 Å². The van der Waals surface area contributed by atoms with E-state index in [1.807, 2.05) is 54.6 Å². The number of fused-ring (bicyclic) bond motifs is 1. The number of aromatic nitrogens is 1. The molecule has 6 nitrogen and oxygen atoms in total. The second kappa shape index (κ2) is 12.3. The first-order chi connectivity index (χ1) is 18.7. The maximum Gasteiger partial charge on any atom is 0.276 e. The molecule has 11 heteroatoms. The van der Waals surface area contributed by atoms with Crippen LogP contribution in [0.5, 0.6) is 0 Å². The minimum Gasteiger partial charge on any atom is -0.392 e. The summed E-state index contributed by atoms with van der Waals surface area (Å²) in [6.07, 6.45) is -1.00. The Bertz CT molecular complexity index is 1390. The molecule has 1 aliphatic heterocycles. The molecule has 4 atom stereocenters. The van der Waals surface area contributed by atoms with Crippen molar-refractivity contribution in [3.63, 3.8) is 0 Å². The molecule has 0 unspecified atom stereocenters. The number of carbonyl (C=O) groups is 1. The number of hydrogen-bond donors (Lipinski definition) is 2. The highest BCUT2D eigenvalue weighted by Gasteiger charge is 2.38. The second-order valence-corrected chi connectivity index (χ2v) is 13.7. The predicted molar refractivity (Wildman–Crippen MR) is 159 cm³/mol. The fraction of sp³-hybridized carbons (Fsp3) is 0.286. The molecule has 1 aromatic heterocycles. The van der Waals surface area contributed by atoms with Crippen LogP contribution >= 0.6 is 57.9 Å². The molecule has 2 heterocycles. The molecular formula is C28H25Cl3N2O4S2. The molecule has 5 rings (SSSR count). The zero-order chi connectivity index (χ0) is 27.6. The normalized spacial score (nSPS) is 21.7.